The first-order valence-electron chi connectivity index (χ1n) is 10.9. The minimum absolute atomic E-state index is 0.168. The van der Waals surface area contributed by atoms with Crippen molar-refractivity contribution in [3.63, 3.8) is 0 Å². The van der Waals surface area contributed by atoms with Crippen molar-refractivity contribution < 1.29 is 9.59 Å². The Kier molecular flexibility index (Phi) is 6.99. The summed E-state index contributed by atoms with van der Waals surface area (Å²) in [6, 6.07) is 12.9. The normalized spacial score (nSPS) is 22.0. The standard InChI is InChI=1S/C25H29N3O2S/c1-18-9-7-12-20(23(18)28-14-5-6-15-28)26-24(29)21(17-19-10-3-2-4-11-19)27-25(30)22-13-8-16-31-22/h2-4,7-13,16,18,21,23H,5-6,14-15,17H2,1H3,(H,26,29)(H,27,30). The van der Waals surface area contributed by atoms with Gasteiger partial charge in [0.2, 0.25) is 5.91 Å². The van der Waals surface area contributed by atoms with Crippen molar-refractivity contribution in [1.29, 1.82) is 0 Å². The molecule has 0 radical (unpaired) electrons. The molecule has 0 bridgehead atoms. The van der Waals surface area contributed by atoms with E-state index in [1.54, 1.807) is 6.07 Å². The van der Waals surface area contributed by atoms with Crippen molar-refractivity contribution >= 4 is 23.2 Å². The van der Waals surface area contributed by atoms with Gasteiger partial charge in [-0.1, -0.05) is 55.5 Å². The number of thiophene rings is 1. The molecule has 1 aromatic heterocycles. The van der Waals surface area contributed by atoms with E-state index in [0.29, 0.717) is 17.2 Å². The average molecular weight is 436 g/mol. The third-order valence-electron chi connectivity index (χ3n) is 5.96. The highest BCUT2D eigenvalue weighted by Gasteiger charge is 2.32. The van der Waals surface area contributed by atoms with Crippen LogP contribution in [-0.2, 0) is 11.2 Å². The first-order chi connectivity index (χ1) is 15.1. The molecule has 3 unspecified atom stereocenters. The summed E-state index contributed by atoms with van der Waals surface area (Å²) in [6.45, 7) is 4.30. The minimum Gasteiger partial charge on any atom is -0.339 e. The Morgan fingerprint density at radius 3 is 2.61 bits per heavy atom. The number of carbonyl (C=O) groups is 2. The number of likely N-dealkylation sites (tertiary alicyclic amines) is 1. The predicted molar refractivity (Wildman–Crippen MR) is 125 cm³/mol. The zero-order valence-corrected chi connectivity index (χ0v) is 18.6. The van der Waals surface area contributed by atoms with Crippen LogP contribution in [0.1, 0.15) is 35.0 Å². The van der Waals surface area contributed by atoms with Crippen molar-refractivity contribution in [2.45, 2.75) is 38.3 Å². The van der Waals surface area contributed by atoms with E-state index in [1.807, 2.05) is 53.9 Å². The fraction of sp³-hybridized carbons (Fsp3) is 0.360. The molecule has 1 aliphatic heterocycles. The molecule has 2 N–H and O–H groups in total. The van der Waals surface area contributed by atoms with E-state index < -0.39 is 6.04 Å². The van der Waals surface area contributed by atoms with Crippen molar-refractivity contribution in [3.05, 3.63) is 82.2 Å². The third kappa shape index (κ3) is 5.32. The number of nitrogens with zero attached hydrogens (tertiary/aromatic N) is 1. The van der Waals surface area contributed by atoms with E-state index in [1.165, 1.54) is 24.2 Å². The number of hydrogen-bond donors (Lipinski definition) is 2. The lowest BCUT2D eigenvalue weighted by atomic mass is 9.92. The van der Waals surface area contributed by atoms with Crippen molar-refractivity contribution in [3.8, 4) is 0 Å². The number of carbonyl (C=O) groups excluding carboxylic acids is 2. The highest BCUT2D eigenvalue weighted by Crippen LogP contribution is 2.26. The second kappa shape index (κ2) is 10.1. The van der Waals surface area contributed by atoms with Crippen LogP contribution in [0, 0.1) is 5.92 Å². The predicted octanol–water partition coefficient (Wildman–Crippen LogP) is 3.76. The fourth-order valence-corrected chi connectivity index (χ4v) is 5.04. The number of allylic oxidation sites excluding steroid dienone is 2. The summed E-state index contributed by atoms with van der Waals surface area (Å²) in [4.78, 5) is 29.2. The minimum atomic E-state index is -0.654. The Labute approximate surface area is 187 Å². The molecule has 1 saturated heterocycles. The molecule has 6 heteroatoms. The number of hydrogen-bond acceptors (Lipinski definition) is 4. The molecule has 0 spiro atoms. The van der Waals surface area contributed by atoms with Gasteiger partial charge in [-0.25, -0.2) is 0 Å². The van der Waals surface area contributed by atoms with Gasteiger partial charge in [-0.15, -0.1) is 11.3 Å². The van der Waals surface area contributed by atoms with Gasteiger partial charge in [0.05, 0.1) is 10.9 Å². The van der Waals surface area contributed by atoms with Crippen LogP contribution in [0.3, 0.4) is 0 Å². The van der Waals surface area contributed by atoms with Crippen LogP contribution >= 0.6 is 11.3 Å². The van der Waals surface area contributed by atoms with Gasteiger partial charge in [-0.2, -0.15) is 0 Å². The van der Waals surface area contributed by atoms with Crippen LogP contribution in [0.5, 0.6) is 0 Å². The Hall–Kier alpha value is -2.70. The Bertz CT molecular complexity index is 946. The summed E-state index contributed by atoms with van der Waals surface area (Å²) >= 11 is 1.37. The van der Waals surface area contributed by atoms with Crippen LogP contribution in [0.15, 0.2) is 71.8 Å². The number of nitrogens with one attached hydrogen (secondary N) is 2. The summed E-state index contributed by atoms with van der Waals surface area (Å²) < 4.78 is 0. The summed E-state index contributed by atoms with van der Waals surface area (Å²) in [7, 11) is 0. The van der Waals surface area contributed by atoms with E-state index in [9.17, 15) is 9.59 Å². The van der Waals surface area contributed by atoms with Gasteiger partial charge < -0.3 is 10.6 Å². The van der Waals surface area contributed by atoms with E-state index in [4.69, 9.17) is 0 Å². The van der Waals surface area contributed by atoms with Crippen LogP contribution in [0.4, 0.5) is 0 Å². The highest BCUT2D eigenvalue weighted by molar-refractivity contribution is 7.12. The third-order valence-corrected chi connectivity index (χ3v) is 6.83. The second-order valence-corrected chi connectivity index (χ2v) is 9.18. The molecule has 1 aromatic carbocycles. The summed E-state index contributed by atoms with van der Waals surface area (Å²) in [6.07, 6.45) is 9.05. The van der Waals surface area contributed by atoms with Crippen molar-refractivity contribution in [1.82, 2.24) is 15.5 Å². The largest absolute Gasteiger partial charge is 0.339 e. The molecule has 2 aliphatic rings. The first-order valence-corrected chi connectivity index (χ1v) is 11.8. The quantitative estimate of drug-likeness (QED) is 0.696. The smallest absolute Gasteiger partial charge is 0.262 e. The van der Waals surface area contributed by atoms with Crippen molar-refractivity contribution in [2.75, 3.05) is 13.1 Å². The van der Waals surface area contributed by atoms with Gasteiger partial charge in [0.1, 0.15) is 6.04 Å². The van der Waals surface area contributed by atoms with Crippen LogP contribution < -0.4 is 10.6 Å². The van der Waals surface area contributed by atoms with Gasteiger partial charge in [0, 0.05) is 12.1 Å². The zero-order chi connectivity index (χ0) is 21.6. The molecule has 2 amide bonds. The zero-order valence-electron chi connectivity index (χ0n) is 17.8. The molecule has 1 fully saturated rings. The van der Waals surface area contributed by atoms with Gasteiger partial charge in [-0.3, -0.25) is 14.5 Å². The summed E-state index contributed by atoms with van der Waals surface area (Å²) in [5.41, 5.74) is 1.93. The van der Waals surface area contributed by atoms with Gasteiger partial charge in [0.25, 0.3) is 5.91 Å². The van der Waals surface area contributed by atoms with Crippen LogP contribution in [-0.4, -0.2) is 41.9 Å². The van der Waals surface area contributed by atoms with E-state index in [2.05, 4.69) is 28.5 Å². The van der Waals surface area contributed by atoms with E-state index >= 15 is 0 Å². The molecular weight excluding hydrogens is 406 g/mol. The van der Waals surface area contributed by atoms with Gasteiger partial charge in [0.15, 0.2) is 0 Å². The van der Waals surface area contributed by atoms with Gasteiger partial charge >= 0.3 is 0 Å². The second-order valence-electron chi connectivity index (χ2n) is 8.24. The van der Waals surface area contributed by atoms with E-state index in [-0.39, 0.29) is 17.9 Å². The highest BCUT2D eigenvalue weighted by atomic mass is 32.1. The molecule has 162 valence electrons. The van der Waals surface area contributed by atoms with Gasteiger partial charge in [-0.05, 0) is 54.9 Å². The maximum absolute atomic E-state index is 13.4. The lowest BCUT2D eigenvalue weighted by Crippen LogP contribution is -2.51. The Balaban J connectivity index is 1.52. The topological polar surface area (TPSA) is 61.4 Å². The average Bonchev–Trinajstić information content (AvgIpc) is 3.48. The summed E-state index contributed by atoms with van der Waals surface area (Å²) in [5, 5.41) is 7.98. The monoisotopic (exact) mass is 435 g/mol. The molecule has 2 heterocycles. The lowest BCUT2D eigenvalue weighted by molar-refractivity contribution is -0.122. The van der Waals surface area contributed by atoms with Crippen LogP contribution in [0.2, 0.25) is 0 Å². The van der Waals surface area contributed by atoms with Crippen LogP contribution in [0.25, 0.3) is 0 Å². The number of amides is 2. The lowest BCUT2D eigenvalue weighted by Gasteiger charge is -2.35. The molecule has 5 nitrogen and oxygen atoms in total. The molecule has 31 heavy (non-hydrogen) atoms. The number of rotatable bonds is 7. The Morgan fingerprint density at radius 1 is 1.13 bits per heavy atom. The summed E-state index contributed by atoms with van der Waals surface area (Å²) in [5.74, 6) is -0.0635. The fourth-order valence-electron chi connectivity index (χ4n) is 4.41. The SMILES string of the molecule is CC1C=CC=C(NC(=O)C(Cc2ccccc2)NC(=O)c2cccs2)C1N1CCCC1. The molecule has 2 aromatic rings. The van der Waals surface area contributed by atoms with Crippen molar-refractivity contribution in [2.24, 2.45) is 5.92 Å². The molecular formula is C25H29N3O2S. The molecule has 0 saturated carbocycles. The number of benzene rings is 1. The molecule has 3 atom stereocenters. The maximum Gasteiger partial charge on any atom is 0.262 e. The molecule has 4 rings (SSSR count). The molecule has 1 aliphatic carbocycles. The first kappa shape index (κ1) is 21.5. The van der Waals surface area contributed by atoms with E-state index in [0.717, 1.165) is 24.4 Å². The Morgan fingerprint density at radius 2 is 1.90 bits per heavy atom. The maximum atomic E-state index is 13.4.